The molecule has 0 radical (unpaired) electrons. The number of benzene rings is 2. The van der Waals surface area contributed by atoms with Crippen molar-refractivity contribution in [3.63, 3.8) is 0 Å². The molecule has 11 heteroatoms. The molecule has 35 heavy (non-hydrogen) atoms. The zero-order valence-electron chi connectivity index (χ0n) is 19.0. The molecule has 1 aliphatic heterocycles. The predicted molar refractivity (Wildman–Crippen MR) is 131 cm³/mol. The maximum Gasteiger partial charge on any atom is 0.337 e. The van der Waals surface area contributed by atoms with Gasteiger partial charge in [0.25, 0.3) is 11.6 Å². The summed E-state index contributed by atoms with van der Waals surface area (Å²) in [6.07, 6.45) is 0. The number of methoxy groups -OCH3 is 1. The summed E-state index contributed by atoms with van der Waals surface area (Å²) in [5, 5.41) is 26.0. The molecular weight excluding hydrogens is 472 g/mol. The van der Waals surface area contributed by atoms with Gasteiger partial charge in [0.15, 0.2) is 0 Å². The number of nitro groups is 1. The third kappa shape index (κ3) is 4.91. The number of rotatable bonds is 8. The second-order valence-electron chi connectivity index (χ2n) is 7.80. The average Bonchev–Trinajstić information content (AvgIpc) is 3.46. The van der Waals surface area contributed by atoms with Gasteiger partial charge in [0, 0.05) is 40.4 Å². The minimum atomic E-state index is -0.616. The highest BCUT2D eigenvalue weighted by molar-refractivity contribution is 7.13. The van der Waals surface area contributed by atoms with Gasteiger partial charge in [-0.1, -0.05) is 24.3 Å². The third-order valence-electron chi connectivity index (χ3n) is 5.54. The SMILES string of the molecule is COC(=O)C1=C(Nc2cccc(-c3nc(-c4ccc(C)c([N+](=O)[O-])c4)cs3)c2)C(=O)N(CCO)C1. The fraction of sp³-hybridized carbons (Fsp3) is 0.208. The summed E-state index contributed by atoms with van der Waals surface area (Å²) < 4.78 is 4.82. The number of aryl methyl sites for hydroxylation is 1. The van der Waals surface area contributed by atoms with Gasteiger partial charge in [-0.3, -0.25) is 14.9 Å². The highest BCUT2D eigenvalue weighted by Gasteiger charge is 2.34. The second kappa shape index (κ2) is 10.0. The van der Waals surface area contributed by atoms with E-state index in [1.165, 1.54) is 29.4 Å². The Kier molecular flexibility index (Phi) is 6.90. The van der Waals surface area contributed by atoms with Crippen molar-refractivity contribution in [3.05, 3.63) is 74.8 Å². The molecule has 3 aromatic rings. The molecule has 0 unspecified atom stereocenters. The van der Waals surface area contributed by atoms with E-state index in [-0.39, 0.29) is 36.7 Å². The molecule has 0 aliphatic carbocycles. The van der Waals surface area contributed by atoms with E-state index in [0.717, 1.165) is 5.56 Å². The molecule has 10 nitrogen and oxygen atoms in total. The highest BCUT2D eigenvalue weighted by Crippen LogP contribution is 2.33. The van der Waals surface area contributed by atoms with Gasteiger partial charge in [0.1, 0.15) is 10.7 Å². The largest absolute Gasteiger partial charge is 0.466 e. The molecule has 0 fully saturated rings. The normalized spacial score (nSPS) is 13.3. The van der Waals surface area contributed by atoms with Crippen LogP contribution in [0.4, 0.5) is 11.4 Å². The van der Waals surface area contributed by atoms with E-state index in [4.69, 9.17) is 4.74 Å². The number of carbonyl (C=O) groups is 2. The van der Waals surface area contributed by atoms with Crippen molar-refractivity contribution in [3.8, 4) is 21.8 Å². The average molecular weight is 495 g/mol. The van der Waals surface area contributed by atoms with E-state index in [2.05, 4.69) is 10.3 Å². The zero-order valence-corrected chi connectivity index (χ0v) is 19.8. The van der Waals surface area contributed by atoms with Crippen LogP contribution in [-0.4, -0.2) is 58.6 Å². The van der Waals surface area contributed by atoms with E-state index in [9.17, 15) is 24.8 Å². The van der Waals surface area contributed by atoms with Crippen molar-refractivity contribution in [1.29, 1.82) is 0 Å². The number of ether oxygens (including phenoxy) is 1. The monoisotopic (exact) mass is 494 g/mol. The van der Waals surface area contributed by atoms with Crippen molar-refractivity contribution < 1.29 is 24.4 Å². The van der Waals surface area contributed by atoms with Crippen molar-refractivity contribution >= 4 is 34.6 Å². The topological polar surface area (TPSA) is 135 Å². The summed E-state index contributed by atoms with van der Waals surface area (Å²) in [5.74, 6) is -1.02. The summed E-state index contributed by atoms with van der Waals surface area (Å²) >= 11 is 1.39. The first-order valence-electron chi connectivity index (χ1n) is 10.6. The van der Waals surface area contributed by atoms with Gasteiger partial charge < -0.3 is 20.1 Å². The molecular formula is C24H22N4O6S. The zero-order chi connectivity index (χ0) is 25.1. The van der Waals surface area contributed by atoms with Crippen molar-refractivity contribution in [2.45, 2.75) is 6.92 Å². The Morgan fingerprint density at radius 3 is 2.80 bits per heavy atom. The maximum absolute atomic E-state index is 12.8. The van der Waals surface area contributed by atoms with E-state index in [1.807, 2.05) is 11.4 Å². The number of esters is 1. The van der Waals surface area contributed by atoms with Crippen LogP contribution >= 0.6 is 11.3 Å². The quantitative estimate of drug-likeness (QED) is 0.276. The molecule has 0 saturated carbocycles. The number of aromatic nitrogens is 1. The first-order valence-corrected chi connectivity index (χ1v) is 11.5. The maximum atomic E-state index is 12.8. The van der Waals surface area contributed by atoms with Gasteiger partial charge in [0.2, 0.25) is 0 Å². The molecule has 2 N–H and O–H groups in total. The van der Waals surface area contributed by atoms with Crippen LogP contribution in [0.25, 0.3) is 21.8 Å². The Balaban J connectivity index is 1.61. The Hall–Kier alpha value is -4.09. The number of hydrogen-bond acceptors (Lipinski definition) is 9. The number of nitro benzene ring substituents is 1. The molecule has 2 aromatic carbocycles. The Morgan fingerprint density at radius 2 is 2.09 bits per heavy atom. The molecule has 1 aliphatic rings. The van der Waals surface area contributed by atoms with Crippen molar-refractivity contribution in [1.82, 2.24) is 9.88 Å². The van der Waals surface area contributed by atoms with Gasteiger partial charge >= 0.3 is 5.97 Å². The van der Waals surface area contributed by atoms with E-state index >= 15 is 0 Å². The number of aliphatic hydroxyl groups excluding tert-OH is 1. The summed E-state index contributed by atoms with van der Waals surface area (Å²) in [5.41, 5.74) is 3.51. The lowest BCUT2D eigenvalue weighted by atomic mass is 10.1. The molecule has 4 rings (SSSR count). The van der Waals surface area contributed by atoms with Crippen LogP contribution in [-0.2, 0) is 14.3 Å². The van der Waals surface area contributed by atoms with Crippen LogP contribution in [0.5, 0.6) is 0 Å². The van der Waals surface area contributed by atoms with E-state index in [1.54, 1.807) is 37.3 Å². The summed E-state index contributed by atoms with van der Waals surface area (Å²) in [4.78, 5) is 41.9. The number of hydrogen-bond donors (Lipinski definition) is 2. The van der Waals surface area contributed by atoms with Crippen molar-refractivity contribution in [2.24, 2.45) is 0 Å². The Bertz CT molecular complexity index is 1350. The lowest BCUT2D eigenvalue weighted by Crippen LogP contribution is -2.31. The van der Waals surface area contributed by atoms with Crippen LogP contribution in [0.15, 0.2) is 59.1 Å². The summed E-state index contributed by atoms with van der Waals surface area (Å²) in [7, 11) is 1.25. The van der Waals surface area contributed by atoms with E-state index < -0.39 is 16.8 Å². The molecule has 1 amide bonds. The smallest absolute Gasteiger partial charge is 0.337 e. The molecule has 2 heterocycles. The predicted octanol–water partition coefficient (Wildman–Crippen LogP) is 3.37. The molecule has 0 atom stereocenters. The number of aliphatic hydroxyl groups is 1. The van der Waals surface area contributed by atoms with Gasteiger partial charge in [-0.25, -0.2) is 9.78 Å². The lowest BCUT2D eigenvalue weighted by molar-refractivity contribution is -0.385. The number of anilines is 1. The minimum absolute atomic E-state index is 0.0365. The second-order valence-corrected chi connectivity index (χ2v) is 8.66. The van der Waals surface area contributed by atoms with Gasteiger partial charge in [-0.2, -0.15) is 0 Å². The van der Waals surface area contributed by atoms with Gasteiger partial charge in [0.05, 0.1) is 36.5 Å². The summed E-state index contributed by atoms with van der Waals surface area (Å²) in [6.45, 7) is 1.61. The first kappa shape index (κ1) is 24.0. The number of amides is 1. The van der Waals surface area contributed by atoms with Crippen LogP contribution in [0, 0.1) is 17.0 Å². The third-order valence-corrected chi connectivity index (χ3v) is 6.43. The van der Waals surface area contributed by atoms with Crippen LogP contribution in [0.2, 0.25) is 0 Å². The fourth-order valence-electron chi connectivity index (χ4n) is 3.73. The van der Waals surface area contributed by atoms with Crippen LogP contribution in [0.3, 0.4) is 0 Å². The lowest BCUT2D eigenvalue weighted by Gasteiger charge is -2.15. The van der Waals surface area contributed by atoms with E-state index in [0.29, 0.717) is 27.5 Å². The molecule has 0 saturated heterocycles. The number of carbonyl (C=O) groups excluding carboxylic acids is 2. The standard InChI is InChI=1S/C24H22N4O6S/c1-14-6-7-15(11-20(14)28(32)33)19-13-35-22(26-19)16-4-3-5-17(10-16)25-21-18(24(31)34-2)12-27(8-9-29)23(21)30/h3-7,10-11,13,25,29H,8-9,12H2,1-2H3. The van der Waals surface area contributed by atoms with Crippen LogP contribution < -0.4 is 5.32 Å². The molecule has 0 spiro atoms. The number of thiazole rings is 1. The summed E-state index contributed by atoms with van der Waals surface area (Å²) in [6, 6.07) is 12.2. The molecule has 0 bridgehead atoms. The number of β-amino-alcohol motifs (C(OH)–C–C–N with tert-alkyl or cyclic N) is 1. The highest BCUT2D eigenvalue weighted by atomic mass is 32.1. The fourth-order valence-corrected chi connectivity index (χ4v) is 4.55. The first-order chi connectivity index (χ1) is 16.8. The minimum Gasteiger partial charge on any atom is -0.466 e. The Labute approximate surface area is 204 Å². The van der Waals surface area contributed by atoms with Gasteiger partial charge in [-0.05, 0) is 19.1 Å². The van der Waals surface area contributed by atoms with Gasteiger partial charge in [-0.15, -0.1) is 11.3 Å². The van der Waals surface area contributed by atoms with Crippen LogP contribution in [0.1, 0.15) is 5.56 Å². The number of nitrogens with zero attached hydrogens (tertiary/aromatic N) is 3. The Morgan fingerprint density at radius 1 is 1.29 bits per heavy atom. The number of nitrogens with one attached hydrogen (secondary N) is 1. The molecule has 180 valence electrons. The molecule has 1 aromatic heterocycles. The van der Waals surface area contributed by atoms with Crippen molar-refractivity contribution in [2.75, 3.05) is 32.1 Å².